The van der Waals surface area contributed by atoms with Gasteiger partial charge in [-0.25, -0.2) is 4.79 Å². The Labute approximate surface area is 212 Å². The van der Waals surface area contributed by atoms with E-state index < -0.39 is 5.92 Å². The molecule has 1 heterocycles. The third-order valence-electron chi connectivity index (χ3n) is 7.33. The van der Waals surface area contributed by atoms with E-state index in [4.69, 9.17) is 14.2 Å². The monoisotopic (exact) mass is 487 g/mol. The smallest absolute Gasteiger partial charge is 0.337 e. The third kappa shape index (κ3) is 4.90. The normalized spacial score (nSPS) is 20.2. The molecule has 0 radical (unpaired) electrons. The van der Waals surface area contributed by atoms with Crippen molar-refractivity contribution in [3.63, 3.8) is 0 Å². The molecule has 188 valence electrons. The first-order valence-corrected chi connectivity index (χ1v) is 12.8. The Kier molecular flexibility index (Phi) is 7.12. The van der Waals surface area contributed by atoms with Gasteiger partial charge in [-0.1, -0.05) is 36.4 Å². The fraction of sp³-hybridized carbons (Fsp3) is 0.400. The van der Waals surface area contributed by atoms with Gasteiger partial charge in [-0.2, -0.15) is 0 Å². The molecule has 5 rings (SSSR count). The number of dihydropyridines is 1. The number of hydrogen-bond acceptors (Lipinski definition) is 6. The topological polar surface area (TPSA) is 73.9 Å². The number of Topliss-reactive ketones (excluding diaryl/α,β-unsaturated/α-hetero) is 1. The van der Waals surface area contributed by atoms with E-state index in [-0.39, 0.29) is 17.9 Å². The predicted octanol–water partition coefficient (Wildman–Crippen LogP) is 5.73. The molecule has 0 aromatic heterocycles. The molecule has 6 heteroatoms. The van der Waals surface area contributed by atoms with E-state index in [0.29, 0.717) is 35.7 Å². The van der Waals surface area contributed by atoms with Crippen LogP contribution < -0.4 is 14.8 Å². The number of allylic oxidation sites excluding steroid dienone is 3. The number of carbonyl (C=O) groups excluding carboxylic acids is 2. The minimum Gasteiger partial charge on any atom is -0.493 e. The van der Waals surface area contributed by atoms with Crippen molar-refractivity contribution in [2.75, 3.05) is 7.11 Å². The highest BCUT2D eigenvalue weighted by Gasteiger charge is 2.40. The summed E-state index contributed by atoms with van der Waals surface area (Å²) in [6.45, 7) is 2.31. The number of carbonyl (C=O) groups is 2. The Morgan fingerprint density at radius 3 is 2.53 bits per heavy atom. The molecule has 2 aliphatic carbocycles. The Hall–Kier alpha value is -3.54. The molecule has 0 saturated heterocycles. The fourth-order valence-corrected chi connectivity index (χ4v) is 5.53. The van der Waals surface area contributed by atoms with Crippen LogP contribution in [-0.4, -0.2) is 25.0 Å². The van der Waals surface area contributed by atoms with Crippen molar-refractivity contribution in [1.82, 2.24) is 5.32 Å². The van der Waals surface area contributed by atoms with E-state index >= 15 is 0 Å². The van der Waals surface area contributed by atoms with Crippen molar-refractivity contribution < 1.29 is 23.8 Å². The molecule has 6 nitrogen and oxygen atoms in total. The second-order valence-corrected chi connectivity index (χ2v) is 9.76. The van der Waals surface area contributed by atoms with Crippen LogP contribution in [-0.2, 0) is 20.9 Å². The summed E-state index contributed by atoms with van der Waals surface area (Å²) in [7, 11) is 1.60. The van der Waals surface area contributed by atoms with Crippen LogP contribution in [0.15, 0.2) is 71.1 Å². The van der Waals surface area contributed by atoms with Gasteiger partial charge < -0.3 is 19.5 Å². The summed E-state index contributed by atoms with van der Waals surface area (Å²) in [5.74, 6) is 0.411. The Morgan fingerprint density at radius 1 is 1.00 bits per heavy atom. The second-order valence-electron chi connectivity index (χ2n) is 9.76. The first kappa shape index (κ1) is 24.2. The number of ether oxygens (including phenoxy) is 3. The van der Waals surface area contributed by atoms with Crippen molar-refractivity contribution >= 4 is 11.8 Å². The average Bonchev–Trinajstić information content (AvgIpc) is 3.40. The zero-order chi connectivity index (χ0) is 25.1. The van der Waals surface area contributed by atoms with Crippen LogP contribution in [0.4, 0.5) is 0 Å². The van der Waals surface area contributed by atoms with Crippen LogP contribution in [0.2, 0.25) is 0 Å². The van der Waals surface area contributed by atoms with Crippen LogP contribution in [0.5, 0.6) is 11.5 Å². The number of nitrogens with one attached hydrogen (secondary N) is 1. The zero-order valence-electron chi connectivity index (χ0n) is 21.0. The van der Waals surface area contributed by atoms with E-state index in [0.717, 1.165) is 61.0 Å². The molecule has 1 fully saturated rings. The molecule has 2 aromatic rings. The van der Waals surface area contributed by atoms with Gasteiger partial charge in [0.1, 0.15) is 12.7 Å². The van der Waals surface area contributed by atoms with Gasteiger partial charge in [0, 0.05) is 29.3 Å². The molecule has 1 saturated carbocycles. The van der Waals surface area contributed by atoms with Gasteiger partial charge in [-0.05, 0) is 68.7 Å². The van der Waals surface area contributed by atoms with E-state index in [1.54, 1.807) is 7.11 Å². The maximum Gasteiger partial charge on any atom is 0.337 e. The number of ketones is 1. The zero-order valence-corrected chi connectivity index (χ0v) is 21.0. The van der Waals surface area contributed by atoms with Gasteiger partial charge in [0.2, 0.25) is 0 Å². The van der Waals surface area contributed by atoms with Crippen molar-refractivity contribution in [1.29, 1.82) is 0 Å². The van der Waals surface area contributed by atoms with Crippen molar-refractivity contribution in [2.24, 2.45) is 0 Å². The maximum absolute atomic E-state index is 13.5. The first-order chi connectivity index (χ1) is 17.5. The molecule has 0 spiro atoms. The van der Waals surface area contributed by atoms with E-state index in [2.05, 4.69) is 5.32 Å². The van der Waals surface area contributed by atoms with Crippen LogP contribution in [0.3, 0.4) is 0 Å². The molecule has 0 unspecified atom stereocenters. The molecule has 0 bridgehead atoms. The summed E-state index contributed by atoms with van der Waals surface area (Å²) in [6.07, 6.45) is 5.96. The van der Waals surface area contributed by atoms with Gasteiger partial charge in [0.05, 0.1) is 12.7 Å². The number of hydrogen-bond donors (Lipinski definition) is 1. The van der Waals surface area contributed by atoms with Crippen LogP contribution >= 0.6 is 0 Å². The van der Waals surface area contributed by atoms with E-state index in [1.165, 1.54) is 0 Å². The highest BCUT2D eigenvalue weighted by Crippen LogP contribution is 2.44. The van der Waals surface area contributed by atoms with Crippen LogP contribution in [0, 0.1) is 0 Å². The average molecular weight is 488 g/mol. The highest BCUT2D eigenvalue weighted by atomic mass is 16.5. The Morgan fingerprint density at radius 2 is 1.78 bits per heavy atom. The summed E-state index contributed by atoms with van der Waals surface area (Å²) in [5, 5.41) is 3.36. The number of esters is 1. The Bertz CT molecular complexity index is 1210. The third-order valence-corrected chi connectivity index (χ3v) is 7.33. The molecule has 1 aliphatic heterocycles. The van der Waals surface area contributed by atoms with E-state index in [9.17, 15) is 9.59 Å². The van der Waals surface area contributed by atoms with E-state index in [1.807, 2.05) is 55.5 Å². The summed E-state index contributed by atoms with van der Waals surface area (Å²) >= 11 is 0. The fourth-order valence-electron chi connectivity index (χ4n) is 5.53. The van der Waals surface area contributed by atoms with Crippen molar-refractivity contribution in [2.45, 2.75) is 70.5 Å². The predicted molar refractivity (Wildman–Crippen MR) is 137 cm³/mol. The lowest BCUT2D eigenvalue weighted by molar-refractivity contribution is -0.144. The summed E-state index contributed by atoms with van der Waals surface area (Å²) in [4.78, 5) is 26.7. The van der Waals surface area contributed by atoms with Gasteiger partial charge >= 0.3 is 5.97 Å². The summed E-state index contributed by atoms with van der Waals surface area (Å²) in [6, 6.07) is 15.6. The van der Waals surface area contributed by atoms with Crippen LogP contribution in [0.1, 0.15) is 68.9 Å². The maximum atomic E-state index is 13.5. The molecular weight excluding hydrogens is 454 g/mol. The summed E-state index contributed by atoms with van der Waals surface area (Å²) < 4.78 is 17.7. The lowest BCUT2D eigenvalue weighted by atomic mass is 9.75. The largest absolute Gasteiger partial charge is 0.493 e. The lowest BCUT2D eigenvalue weighted by Crippen LogP contribution is -2.35. The Balaban J connectivity index is 1.49. The number of benzene rings is 2. The molecule has 1 N–H and O–H groups in total. The first-order valence-electron chi connectivity index (χ1n) is 12.8. The quantitative estimate of drug-likeness (QED) is 0.503. The van der Waals surface area contributed by atoms with Crippen molar-refractivity contribution in [3.05, 3.63) is 82.2 Å². The highest BCUT2D eigenvalue weighted by molar-refractivity contribution is 6.03. The second kappa shape index (κ2) is 10.6. The van der Waals surface area contributed by atoms with Gasteiger partial charge in [-0.15, -0.1) is 0 Å². The minimum absolute atomic E-state index is 0.0563. The standard InChI is InChI=1S/C30H33NO5/c1-19-27(30(33)36-22-11-6-7-12-22)28(29-23(31-19)13-8-14-24(29)32)21-15-16-25(26(17-21)34-2)35-18-20-9-4-3-5-10-20/h3-5,9-10,15-17,22,28,31H,6-8,11-14,18H2,1-2H3/t28-/m1/s1. The number of methoxy groups -OCH3 is 1. The van der Waals surface area contributed by atoms with Crippen molar-refractivity contribution in [3.8, 4) is 11.5 Å². The van der Waals surface area contributed by atoms with Gasteiger partial charge in [-0.3, -0.25) is 4.79 Å². The molecule has 1 atom stereocenters. The SMILES string of the molecule is COc1cc([C@@H]2C(C(=O)OC3CCCC3)=C(C)NC3=C2C(=O)CCC3)ccc1OCc1ccccc1. The van der Waals surface area contributed by atoms with Gasteiger partial charge in [0.25, 0.3) is 0 Å². The molecule has 36 heavy (non-hydrogen) atoms. The lowest BCUT2D eigenvalue weighted by Gasteiger charge is -2.34. The summed E-state index contributed by atoms with van der Waals surface area (Å²) in [5.41, 5.74) is 4.72. The molecular formula is C30H33NO5. The molecule has 0 amide bonds. The van der Waals surface area contributed by atoms with Gasteiger partial charge in [0.15, 0.2) is 17.3 Å². The molecule has 3 aliphatic rings. The minimum atomic E-state index is -0.500. The van der Waals surface area contributed by atoms with Crippen LogP contribution in [0.25, 0.3) is 0 Å². The number of rotatable bonds is 7. The molecule has 2 aromatic carbocycles.